The zero-order valence-corrected chi connectivity index (χ0v) is 17.9. The summed E-state index contributed by atoms with van der Waals surface area (Å²) in [7, 11) is 0. The van der Waals surface area contributed by atoms with Crippen LogP contribution in [-0.2, 0) is 25.7 Å². The Kier molecular flexibility index (Phi) is 9.22. The Morgan fingerprint density at radius 2 is 1.50 bits per heavy atom. The van der Waals surface area contributed by atoms with Crippen LogP contribution < -0.4 is 16.0 Å². The predicted octanol–water partition coefficient (Wildman–Crippen LogP) is 2.00. The molecule has 0 saturated carbocycles. The van der Waals surface area contributed by atoms with Gasteiger partial charge < -0.3 is 25.8 Å². The van der Waals surface area contributed by atoms with E-state index in [4.69, 9.17) is 4.74 Å². The van der Waals surface area contributed by atoms with E-state index < -0.39 is 42.5 Å². The molecule has 2 atom stereocenters. The first-order valence-corrected chi connectivity index (χ1v) is 10.1. The van der Waals surface area contributed by atoms with Gasteiger partial charge in [-0.1, -0.05) is 74.5 Å². The summed E-state index contributed by atoms with van der Waals surface area (Å²) in [6, 6.07) is 15.2. The quantitative estimate of drug-likeness (QED) is 0.446. The minimum absolute atomic E-state index is 0.0507. The van der Waals surface area contributed by atoms with Gasteiger partial charge in [-0.3, -0.25) is 9.59 Å². The van der Waals surface area contributed by atoms with Crippen molar-refractivity contribution >= 4 is 23.9 Å². The second-order valence-electron chi connectivity index (χ2n) is 7.40. The van der Waals surface area contributed by atoms with E-state index in [1.165, 1.54) is 0 Å². The van der Waals surface area contributed by atoms with Crippen molar-refractivity contribution in [1.82, 2.24) is 16.0 Å². The predicted molar refractivity (Wildman–Crippen MR) is 116 cm³/mol. The number of rotatable bonds is 10. The van der Waals surface area contributed by atoms with Crippen LogP contribution in [0.5, 0.6) is 0 Å². The maximum atomic E-state index is 12.8. The fraction of sp³-hybridized carbons (Fsp3) is 0.304. The lowest BCUT2D eigenvalue weighted by Crippen LogP contribution is -2.50. The highest BCUT2D eigenvalue weighted by atomic mass is 16.5. The van der Waals surface area contributed by atoms with E-state index in [0.717, 1.165) is 5.56 Å². The highest BCUT2D eigenvalue weighted by molar-refractivity contribution is 5.92. The van der Waals surface area contributed by atoms with Crippen molar-refractivity contribution < 1.29 is 29.0 Å². The molecule has 0 radical (unpaired) electrons. The average molecular weight is 441 g/mol. The first-order valence-electron chi connectivity index (χ1n) is 10.1. The van der Waals surface area contributed by atoms with Crippen LogP contribution in [0.2, 0.25) is 0 Å². The molecule has 3 amide bonds. The summed E-state index contributed by atoms with van der Waals surface area (Å²) in [4.78, 5) is 48.5. The normalized spacial score (nSPS) is 12.3. The molecule has 2 aromatic rings. The number of alkyl carbamates (subject to hydrolysis) is 1. The first kappa shape index (κ1) is 24.4. The average Bonchev–Trinajstić information content (AvgIpc) is 2.78. The second-order valence-corrected chi connectivity index (χ2v) is 7.40. The number of aliphatic carboxylic acids is 1. The largest absolute Gasteiger partial charge is 0.480 e. The molecule has 0 saturated heterocycles. The van der Waals surface area contributed by atoms with Gasteiger partial charge in [-0.25, -0.2) is 9.59 Å². The lowest BCUT2D eigenvalue weighted by molar-refractivity contribution is -0.143. The van der Waals surface area contributed by atoms with E-state index in [-0.39, 0.29) is 12.5 Å². The lowest BCUT2D eigenvalue weighted by atomic mass is 10.0. The van der Waals surface area contributed by atoms with Gasteiger partial charge in [0.05, 0.1) is 0 Å². The number of hydrogen-bond acceptors (Lipinski definition) is 5. The minimum Gasteiger partial charge on any atom is -0.480 e. The van der Waals surface area contributed by atoms with E-state index in [9.17, 15) is 24.3 Å². The fourth-order valence-corrected chi connectivity index (χ4v) is 2.83. The molecule has 1 unspecified atom stereocenters. The zero-order chi connectivity index (χ0) is 23.5. The molecule has 0 aliphatic carbocycles. The maximum Gasteiger partial charge on any atom is 0.407 e. The van der Waals surface area contributed by atoms with Crippen molar-refractivity contribution in [3.8, 4) is 0 Å². The summed E-state index contributed by atoms with van der Waals surface area (Å²) < 4.78 is 5.05. The Labute approximate surface area is 186 Å². The summed E-state index contributed by atoms with van der Waals surface area (Å²) in [6.45, 7) is 2.96. The summed E-state index contributed by atoms with van der Waals surface area (Å²) in [5, 5.41) is 16.7. The maximum absolute atomic E-state index is 12.8. The summed E-state index contributed by atoms with van der Waals surface area (Å²) >= 11 is 0. The smallest absolute Gasteiger partial charge is 0.407 e. The number of benzene rings is 2. The molecule has 4 N–H and O–H groups in total. The van der Waals surface area contributed by atoms with E-state index in [0.29, 0.717) is 5.56 Å². The van der Waals surface area contributed by atoms with Gasteiger partial charge in [-0.05, 0) is 17.0 Å². The molecule has 2 rings (SSSR count). The highest BCUT2D eigenvalue weighted by Crippen LogP contribution is 2.14. The molecule has 0 fully saturated rings. The third-order valence-electron chi connectivity index (χ3n) is 4.54. The number of hydrogen-bond donors (Lipinski definition) is 4. The van der Waals surface area contributed by atoms with Crippen LogP contribution in [0, 0.1) is 5.92 Å². The van der Waals surface area contributed by atoms with Crippen LogP contribution in [0.3, 0.4) is 0 Å². The topological polar surface area (TPSA) is 134 Å². The van der Waals surface area contributed by atoms with Crippen LogP contribution in [0.15, 0.2) is 60.7 Å². The van der Waals surface area contributed by atoms with Gasteiger partial charge in [0.1, 0.15) is 25.2 Å². The van der Waals surface area contributed by atoms with Crippen LogP contribution in [0.25, 0.3) is 0 Å². The molecule has 0 aliphatic heterocycles. The van der Waals surface area contributed by atoms with Crippen LogP contribution in [0.1, 0.15) is 31.0 Å². The minimum atomic E-state index is -1.17. The number of carboxylic acid groups (broad SMARTS) is 1. The lowest BCUT2D eigenvalue weighted by Gasteiger charge is -2.23. The molecule has 0 bridgehead atoms. The number of carbonyl (C=O) groups is 4. The van der Waals surface area contributed by atoms with Crippen molar-refractivity contribution in [1.29, 1.82) is 0 Å². The van der Waals surface area contributed by atoms with Crippen molar-refractivity contribution in [2.45, 2.75) is 32.5 Å². The Balaban J connectivity index is 1.96. The SMILES string of the molecule is CC(C)[C@H](NC(=O)C(NC(=O)CNC(=O)OCc1ccccc1)c1ccccc1)C(=O)O. The van der Waals surface area contributed by atoms with Crippen LogP contribution in [0.4, 0.5) is 4.79 Å². The molecule has 0 heterocycles. The Morgan fingerprint density at radius 3 is 2.06 bits per heavy atom. The van der Waals surface area contributed by atoms with Crippen molar-refractivity contribution in [3.05, 3.63) is 71.8 Å². The highest BCUT2D eigenvalue weighted by Gasteiger charge is 2.29. The van der Waals surface area contributed by atoms with Crippen molar-refractivity contribution in [3.63, 3.8) is 0 Å². The Bertz CT molecular complexity index is 918. The van der Waals surface area contributed by atoms with Gasteiger partial charge in [-0.15, -0.1) is 0 Å². The van der Waals surface area contributed by atoms with Gasteiger partial charge in [-0.2, -0.15) is 0 Å². The molecule has 9 heteroatoms. The van der Waals surface area contributed by atoms with Gasteiger partial charge in [0.25, 0.3) is 0 Å². The van der Waals surface area contributed by atoms with Crippen LogP contribution in [-0.4, -0.2) is 41.6 Å². The van der Waals surface area contributed by atoms with Crippen molar-refractivity contribution in [2.75, 3.05) is 6.54 Å². The van der Waals surface area contributed by atoms with E-state index in [1.54, 1.807) is 56.3 Å². The molecule has 0 spiro atoms. The molecule has 170 valence electrons. The van der Waals surface area contributed by atoms with E-state index >= 15 is 0 Å². The number of ether oxygens (including phenoxy) is 1. The van der Waals surface area contributed by atoms with Gasteiger partial charge in [0, 0.05) is 0 Å². The standard InChI is InChI=1S/C23H27N3O6/c1-15(2)19(22(29)30)26-21(28)20(17-11-7-4-8-12-17)25-18(27)13-24-23(31)32-14-16-9-5-3-6-10-16/h3-12,15,19-20H,13-14H2,1-2H3,(H,24,31)(H,25,27)(H,26,28)(H,29,30)/t19-,20?/m0/s1. The Morgan fingerprint density at radius 1 is 0.906 bits per heavy atom. The third-order valence-corrected chi connectivity index (χ3v) is 4.54. The fourth-order valence-electron chi connectivity index (χ4n) is 2.83. The molecular formula is C23H27N3O6. The molecular weight excluding hydrogens is 414 g/mol. The molecule has 32 heavy (non-hydrogen) atoms. The zero-order valence-electron chi connectivity index (χ0n) is 17.9. The van der Waals surface area contributed by atoms with E-state index in [2.05, 4.69) is 16.0 Å². The number of carboxylic acids is 1. The van der Waals surface area contributed by atoms with Crippen LogP contribution >= 0.6 is 0 Å². The monoisotopic (exact) mass is 441 g/mol. The summed E-state index contributed by atoms with van der Waals surface area (Å²) in [5.41, 5.74) is 1.27. The van der Waals surface area contributed by atoms with Gasteiger partial charge in [0.15, 0.2) is 0 Å². The van der Waals surface area contributed by atoms with Gasteiger partial charge in [0.2, 0.25) is 11.8 Å². The number of amides is 3. The molecule has 0 aliphatic rings. The Hall–Kier alpha value is -3.88. The molecule has 0 aromatic heterocycles. The second kappa shape index (κ2) is 12.1. The number of carbonyl (C=O) groups excluding carboxylic acids is 3. The van der Waals surface area contributed by atoms with Crippen molar-refractivity contribution in [2.24, 2.45) is 5.92 Å². The first-order chi connectivity index (χ1) is 15.3. The summed E-state index contributed by atoms with van der Waals surface area (Å²) in [5.74, 6) is -2.83. The van der Waals surface area contributed by atoms with Gasteiger partial charge >= 0.3 is 12.1 Å². The summed E-state index contributed by atoms with van der Waals surface area (Å²) in [6.07, 6.45) is -0.782. The third kappa shape index (κ3) is 7.75. The number of nitrogens with one attached hydrogen (secondary N) is 3. The molecule has 2 aromatic carbocycles. The molecule has 9 nitrogen and oxygen atoms in total. The van der Waals surface area contributed by atoms with E-state index in [1.807, 2.05) is 18.2 Å².